The van der Waals surface area contributed by atoms with Gasteiger partial charge in [0.15, 0.2) is 0 Å². The second-order valence-electron chi connectivity index (χ2n) is 8.04. The molecule has 0 saturated carbocycles. The van der Waals surface area contributed by atoms with Crippen LogP contribution in [0.5, 0.6) is 5.75 Å². The summed E-state index contributed by atoms with van der Waals surface area (Å²) < 4.78 is 5.17. The lowest BCUT2D eigenvalue weighted by molar-refractivity contribution is -0.140. The van der Waals surface area contributed by atoms with E-state index in [2.05, 4.69) is 34.1 Å². The van der Waals surface area contributed by atoms with Gasteiger partial charge in [0.05, 0.1) is 26.1 Å². The number of methoxy groups -OCH3 is 1. The lowest BCUT2D eigenvalue weighted by Gasteiger charge is -2.36. The van der Waals surface area contributed by atoms with Gasteiger partial charge in [0.1, 0.15) is 5.75 Å². The summed E-state index contributed by atoms with van der Waals surface area (Å²) in [5.74, 6) is 0.606. The van der Waals surface area contributed by atoms with Gasteiger partial charge in [0, 0.05) is 32.7 Å². The second kappa shape index (κ2) is 9.90. The maximum Gasteiger partial charge on any atom is 0.247 e. The fourth-order valence-electron chi connectivity index (χ4n) is 4.19. The molecule has 2 aliphatic rings. The molecule has 2 saturated heterocycles. The number of piperazine rings is 1. The Bertz CT molecular complexity index is 919. The second-order valence-corrected chi connectivity index (χ2v) is 8.04. The Balaban J connectivity index is 1.28. The SMILES string of the molecule is COc1ccc(CN2C(=O)C[C@H](N3CCN(C/C=C/c4ccccc4)CC3)C2=O)cc1. The van der Waals surface area contributed by atoms with Crippen molar-refractivity contribution in [2.24, 2.45) is 0 Å². The minimum atomic E-state index is -0.326. The van der Waals surface area contributed by atoms with Gasteiger partial charge >= 0.3 is 0 Å². The Kier molecular flexibility index (Phi) is 6.79. The fraction of sp³-hybridized carbons (Fsp3) is 0.360. The Hall–Kier alpha value is -2.96. The smallest absolute Gasteiger partial charge is 0.247 e. The molecule has 2 aliphatic heterocycles. The van der Waals surface area contributed by atoms with Crippen molar-refractivity contribution >= 4 is 17.9 Å². The molecule has 0 unspecified atom stereocenters. The number of likely N-dealkylation sites (tertiary alicyclic amines) is 1. The summed E-state index contributed by atoms with van der Waals surface area (Å²) in [4.78, 5) is 31.5. The number of imide groups is 1. The summed E-state index contributed by atoms with van der Waals surface area (Å²) in [6.45, 7) is 4.62. The summed E-state index contributed by atoms with van der Waals surface area (Å²) in [5.41, 5.74) is 2.13. The van der Waals surface area contributed by atoms with E-state index in [-0.39, 0.29) is 24.3 Å². The molecule has 4 rings (SSSR count). The van der Waals surface area contributed by atoms with Gasteiger partial charge in [-0.05, 0) is 23.3 Å². The first-order valence-corrected chi connectivity index (χ1v) is 10.8. The topological polar surface area (TPSA) is 53.1 Å². The standard InChI is InChI=1S/C25H29N3O3/c1-31-22-11-9-21(10-12-22)19-28-24(29)18-23(25(28)30)27-16-14-26(15-17-27)13-5-8-20-6-3-2-4-7-20/h2-12,23H,13-19H2,1H3/b8-5+/t23-/m0/s1. The zero-order valence-electron chi connectivity index (χ0n) is 17.9. The normalized spacial score (nSPS) is 20.7. The number of benzene rings is 2. The van der Waals surface area contributed by atoms with Crippen LogP contribution in [0.3, 0.4) is 0 Å². The predicted octanol–water partition coefficient (Wildman–Crippen LogP) is 2.65. The van der Waals surface area contributed by atoms with Crippen molar-refractivity contribution in [1.82, 2.24) is 14.7 Å². The van der Waals surface area contributed by atoms with Crippen molar-refractivity contribution in [3.05, 3.63) is 71.8 Å². The summed E-state index contributed by atoms with van der Waals surface area (Å²) in [6.07, 6.45) is 4.61. The van der Waals surface area contributed by atoms with Crippen LogP contribution < -0.4 is 4.74 Å². The molecule has 0 spiro atoms. The van der Waals surface area contributed by atoms with Gasteiger partial charge in [-0.15, -0.1) is 0 Å². The molecule has 2 heterocycles. The number of hydrogen-bond donors (Lipinski definition) is 0. The summed E-state index contributed by atoms with van der Waals surface area (Å²) >= 11 is 0. The molecule has 0 bridgehead atoms. The van der Waals surface area contributed by atoms with Crippen LogP contribution in [0.15, 0.2) is 60.7 Å². The molecule has 0 aliphatic carbocycles. The van der Waals surface area contributed by atoms with Crippen LogP contribution in [0, 0.1) is 0 Å². The van der Waals surface area contributed by atoms with E-state index in [1.807, 2.05) is 42.5 Å². The monoisotopic (exact) mass is 419 g/mol. The predicted molar refractivity (Wildman–Crippen MR) is 120 cm³/mol. The van der Waals surface area contributed by atoms with Gasteiger partial charge in [-0.25, -0.2) is 0 Å². The number of carbonyl (C=O) groups is 2. The van der Waals surface area contributed by atoms with Crippen LogP contribution in [0.4, 0.5) is 0 Å². The molecule has 31 heavy (non-hydrogen) atoms. The quantitative estimate of drug-likeness (QED) is 0.646. The number of carbonyl (C=O) groups excluding carboxylic acids is 2. The molecule has 0 aromatic heterocycles. The van der Waals surface area contributed by atoms with Crippen LogP contribution in [-0.4, -0.2) is 72.4 Å². The number of ether oxygens (including phenoxy) is 1. The summed E-state index contributed by atoms with van der Waals surface area (Å²) in [7, 11) is 1.62. The first-order chi connectivity index (χ1) is 15.1. The maximum atomic E-state index is 13.0. The van der Waals surface area contributed by atoms with Crippen molar-refractivity contribution in [3.8, 4) is 5.75 Å². The third-order valence-electron chi connectivity index (χ3n) is 6.04. The van der Waals surface area contributed by atoms with Crippen LogP contribution in [0.25, 0.3) is 6.08 Å². The van der Waals surface area contributed by atoms with Crippen molar-refractivity contribution in [2.75, 3.05) is 39.8 Å². The highest BCUT2D eigenvalue weighted by molar-refractivity contribution is 6.05. The zero-order chi connectivity index (χ0) is 21.6. The minimum absolute atomic E-state index is 0.0711. The number of hydrogen-bond acceptors (Lipinski definition) is 5. The molecule has 6 nitrogen and oxygen atoms in total. The largest absolute Gasteiger partial charge is 0.497 e. The highest BCUT2D eigenvalue weighted by atomic mass is 16.5. The van der Waals surface area contributed by atoms with Crippen LogP contribution in [-0.2, 0) is 16.1 Å². The Morgan fingerprint density at radius 3 is 2.35 bits per heavy atom. The molecular weight excluding hydrogens is 390 g/mol. The van der Waals surface area contributed by atoms with Gasteiger partial charge in [-0.3, -0.25) is 24.3 Å². The highest BCUT2D eigenvalue weighted by Crippen LogP contribution is 2.23. The molecule has 2 amide bonds. The van der Waals surface area contributed by atoms with Crippen molar-refractivity contribution in [2.45, 2.75) is 19.0 Å². The van der Waals surface area contributed by atoms with E-state index in [1.54, 1.807) is 7.11 Å². The molecule has 0 N–H and O–H groups in total. The van der Waals surface area contributed by atoms with E-state index in [1.165, 1.54) is 10.5 Å². The van der Waals surface area contributed by atoms with E-state index in [9.17, 15) is 9.59 Å². The molecule has 2 aromatic carbocycles. The fourth-order valence-corrected chi connectivity index (χ4v) is 4.19. The van der Waals surface area contributed by atoms with Crippen molar-refractivity contribution < 1.29 is 14.3 Å². The van der Waals surface area contributed by atoms with Gasteiger partial charge in [-0.2, -0.15) is 0 Å². The zero-order valence-corrected chi connectivity index (χ0v) is 17.9. The van der Waals surface area contributed by atoms with Crippen molar-refractivity contribution in [1.29, 1.82) is 0 Å². The maximum absolute atomic E-state index is 13.0. The van der Waals surface area contributed by atoms with E-state index >= 15 is 0 Å². The Labute approximate surface area is 183 Å². The lowest BCUT2D eigenvalue weighted by Crippen LogP contribution is -2.52. The van der Waals surface area contributed by atoms with Gasteiger partial charge in [0.25, 0.3) is 0 Å². The van der Waals surface area contributed by atoms with E-state index in [0.717, 1.165) is 44.0 Å². The third kappa shape index (κ3) is 5.21. The van der Waals surface area contributed by atoms with E-state index < -0.39 is 0 Å². The first kappa shape index (κ1) is 21.3. The molecule has 2 fully saturated rings. The van der Waals surface area contributed by atoms with Crippen molar-refractivity contribution in [3.63, 3.8) is 0 Å². The molecule has 1 atom stereocenters. The number of amides is 2. The lowest BCUT2D eigenvalue weighted by atomic mass is 10.1. The van der Waals surface area contributed by atoms with E-state index in [4.69, 9.17) is 4.74 Å². The summed E-state index contributed by atoms with van der Waals surface area (Å²) in [5, 5.41) is 0. The minimum Gasteiger partial charge on any atom is -0.497 e. The summed E-state index contributed by atoms with van der Waals surface area (Å²) in [6, 6.07) is 17.4. The van der Waals surface area contributed by atoms with Gasteiger partial charge in [0.2, 0.25) is 11.8 Å². The van der Waals surface area contributed by atoms with Crippen LogP contribution in [0.1, 0.15) is 17.5 Å². The van der Waals surface area contributed by atoms with Gasteiger partial charge in [-0.1, -0.05) is 54.6 Å². The Morgan fingerprint density at radius 1 is 0.968 bits per heavy atom. The third-order valence-corrected chi connectivity index (χ3v) is 6.04. The Morgan fingerprint density at radius 2 is 1.68 bits per heavy atom. The average molecular weight is 420 g/mol. The van der Waals surface area contributed by atoms with Crippen LogP contribution in [0.2, 0.25) is 0 Å². The molecular formula is C25H29N3O3. The molecule has 2 aromatic rings. The average Bonchev–Trinajstić information content (AvgIpc) is 3.09. The molecule has 162 valence electrons. The van der Waals surface area contributed by atoms with E-state index in [0.29, 0.717) is 6.54 Å². The van der Waals surface area contributed by atoms with Crippen LogP contribution >= 0.6 is 0 Å². The first-order valence-electron chi connectivity index (χ1n) is 10.8. The highest BCUT2D eigenvalue weighted by Gasteiger charge is 2.42. The molecule has 0 radical (unpaired) electrons. The van der Waals surface area contributed by atoms with Gasteiger partial charge < -0.3 is 4.74 Å². The number of nitrogens with zero attached hydrogens (tertiary/aromatic N) is 3. The molecule has 6 heteroatoms. The number of rotatable bonds is 7.